The Bertz CT molecular complexity index is 660. The molecule has 2 aliphatic rings. The number of nitrogens with zero attached hydrogens (tertiary/aromatic N) is 2. The van der Waals surface area contributed by atoms with Gasteiger partial charge >= 0.3 is 0 Å². The predicted octanol–water partition coefficient (Wildman–Crippen LogP) is 2.06. The van der Waals surface area contributed by atoms with Gasteiger partial charge in [-0.3, -0.25) is 9.59 Å². The fraction of sp³-hybridized carbons (Fsp3) is 0.556. The van der Waals surface area contributed by atoms with Gasteiger partial charge in [0.15, 0.2) is 0 Å². The number of likely N-dealkylation sites (tertiary alicyclic amines) is 1. The van der Waals surface area contributed by atoms with Crippen LogP contribution in [-0.4, -0.2) is 60.9 Å². The number of hydrogen-bond donors (Lipinski definition) is 1. The van der Waals surface area contributed by atoms with E-state index in [1.807, 2.05) is 11.9 Å². The van der Waals surface area contributed by atoms with Crippen molar-refractivity contribution in [2.45, 2.75) is 25.3 Å². The molecule has 0 aromatic heterocycles. The zero-order valence-electron chi connectivity index (χ0n) is 14.7. The van der Waals surface area contributed by atoms with Gasteiger partial charge in [0.25, 0.3) is 5.91 Å². The number of benzene rings is 1. The van der Waals surface area contributed by atoms with E-state index in [9.17, 15) is 18.4 Å². The van der Waals surface area contributed by atoms with Gasteiger partial charge in [0, 0.05) is 44.7 Å². The third kappa shape index (κ3) is 4.32. The number of halogens is 3. The van der Waals surface area contributed by atoms with E-state index in [1.54, 1.807) is 0 Å². The molecule has 2 heterocycles. The van der Waals surface area contributed by atoms with E-state index < -0.39 is 17.5 Å². The Morgan fingerprint density at radius 1 is 1.19 bits per heavy atom. The molecule has 1 unspecified atom stereocenters. The third-order valence-corrected chi connectivity index (χ3v) is 5.22. The highest BCUT2D eigenvalue weighted by Crippen LogP contribution is 2.23. The summed E-state index contributed by atoms with van der Waals surface area (Å²) in [5.74, 6) is -1.99. The molecule has 1 aromatic rings. The Morgan fingerprint density at radius 3 is 2.46 bits per heavy atom. The van der Waals surface area contributed by atoms with Crippen molar-refractivity contribution in [1.29, 1.82) is 0 Å². The lowest BCUT2D eigenvalue weighted by Gasteiger charge is -2.34. The highest BCUT2D eigenvalue weighted by molar-refractivity contribution is 5.94. The number of amides is 2. The first-order valence-electron chi connectivity index (χ1n) is 8.69. The van der Waals surface area contributed by atoms with Crippen molar-refractivity contribution in [1.82, 2.24) is 15.1 Å². The monoisotopic (exact) mass is 387 g/mol. The van der Waals surface area contributed by atoms with E-state index >= 15 is 0 Å². The molecule has 2 saturated heterocycles. The second kappa shape index (κ2) is 8.77. The van der Waals surface area contributed by atoms with E-state index in [0.717, 1.165) is 25.6 Å². The third-order valence-electron chi connectivity index (χ3n) is 5.22. The molecule has 1 aromatic carbocycles. The maximum Gasteiger partial charge on any atom is 0.256 e. The first-order chi connectivity index (χ1) is 12.0. The van der Waals surface area contributed by atoms with E-state index in [2.05, 4.69) is 5.32 Å². The Balaban J connectivity index is 0.00000243. The molecule has 0 spiro atoms. The molecule has 2 fully saturated rings. The van der Waals surface area contributed by atoms with E-state index in [1.165, 1.54) is 11.0 Å². The molecule has 0 bridgehead atoms. The molecule has 1 atom stereocenters. The van der Waals surface area contributed by atoms with Gasteiger partial charge in [0.1, 0.15) is 11.6 Å². The molecule has 5 nitrogen and oxygen atoms in total. The van der Waals surface area contributed by atoms with Crippen molar-refractivity contribution in [3.8, 4) is 0 Å². The van der Waals surface area contributed by atoms with Crippen molar-refractivity contribution < 1.29 is 18.4 Å². The molecule has 2 aliphatic heterocycles. The molecule has 1 N–H and O–H groups in total. The van der Waals surface area contributed by atoms with Crippen LogP contribution in [0.25, 0.3) is 0 Å². The first kappa shape index (κ1) is 20.6. The van der Waals surface area contributed by atoms with Crippen molar-refractivity contribution in [3.63, 3.8) is 0 Å². The number of piperidine rings is 1. The minimum Gasteiger partial charge on any atom is -0.341 e. The molecular formula is C18H24ClF2N3O2. The SMILES string of the molecule is CN(C(=O)C1CCN(C(=O)c2ccc(F)cc2F)CC1)C1CCNC1.Cl. The second-order valence-corrected chi connectivity index (χ2v) is 6.79. The highest BCUT2D eigenvalue weighted by atomic mass is 35.5. The summed E-state index contributed by atoms with van der Waals surface area (Å²) >= 11 is 0. The van der Waals surface area contributed by atoms with Crippen LogP contribution in [-0.2, 0) is 4.79 Å². The summed E-state index contributed by atoms with van der Waals surface area (Å²) < 4.78 is 26.8. The molecule has 8 heteroatoms. The van der Waals surface area contributed by atoms with Crippen molar-refractivity contribution in [3.05, 3.63) is 35.4 Å². The van der Waals surface area contributed by atoms with Crippen molar-refractivity contribution in [2.24, 2.45) is 5.92 Å². The first-order valence-corrected chi connectivity index (χ1v) is 8.69. The van der Waals surface area contributed by atoms with Gasteiger partial charge in [-0.05, 0) is 37.9 Å². The molecule has 26 heavy (non-hydrogen) atoms. The molecule has 2 amide bonds. The van der Waals surface area contributed by atoms with Crippen LogP contribution in [0, 0.1) is 17.6 Å². The maximum atomic E-state index is 13.8. The summed E-state index contributed by atoms with van der Waals surface area (Å²) in [5, 5.41) is 3.25. The van der Waals surface area contributed by atoms with Gasteiger partial charge in [-0.1, -0.05) is 0 Å². The average Bonchev–Trinajstić information content (AvgIpc) is 3.15. The zero-order valence-corrected chi connectivity index (χ0v) is 15.5. The standard InChI is InChI=1S/C18H23F2N3O2.ClH/c1-22(14-4-7-21-11-14)17(24)12-5-8-23(9-6-12)18(25)15-3-2-13(19)10-16(15)20;/h2-3,10,12,14,21H,4-9,11H2,1H3;1H. The number of rotatable bonds is 3. The summed E-state index contributed by atoms with van der Waals surface area (Å²) in [6.45, 7) is 2.56. The lowest BCUT2D eigenvalue weighted by atomic mass is 9.94. The molecule has 0 saturated carbocycles. The largest absolute Gasteiger partial charge is 0.341 e. The summed E-state index contributed by atoms with van der Waals surface area (Å²) in [5.41, 5.74) is -0.125. The molecule has 3 rings (SSSR count). The Labute approximate surface area is 158 Å². The van der Waals surface area contributed by atoms with E-state index in [0.29, 0.717) is 32.0 Å². The van der Waals surface area contributed by atoms with Crippen LogP contribution in [0.5, 0.6) is 0 Å². The molecular weight excluding hydrogens is 364 g/mol. The average molecular weight is 388 g/mol. The number of carbonyl (C=O) groups excluding carboxylic acids is 2. The smallest absolute Gasteiger partial charge is 0.256 e. The minimum absolute atomic E-state index is 0. The fourth-order valence-corrected chi connectivity index (χ4v) is 3.60. The summed E-state index contributed by atoms with van der Waals surface area (Å²) in [6.07, 6.45) is 2.10. The molecule has 0 radical (unpaired) electrons. The maximum absolute atomic E-state index is 13.8. The topological polar surface area (TPSA) is 52.7 Å². The number of carbonyl (C=O) groups is 2. The van der Waals surface area contributed by atoms with Crippen LogP contribution in [0.1, 0.15) is 29.6 Å². The van der Waals surface area contributed by atoms with Gasteiger partial charge in [-0.15, -0.1) is 12.4 Å². The predicted molar refractivity (Wildman–Crippen MR) is 96.3 cm³/mol. The van der Waals surface area contributed by atoms with E-state index in [4.69, 9.17) is 0 Å². The summed E-state index contributed by atoms with van der Waals surface area (Å²) in [6, 6.07) is 3.21. The second-order valence-electron chi connectivity index (χ2n) is 6.79. The lowest BCUT2D eigenvalue weighted by Crippen LogP contribution is -2.46. The normalized spacial score (nSPS) is 20.6. The van der Waals surface area contributed by atoms with Gasteiger partial charge < -0.3 is 15.1 Å². The molecule has 0 aliphatic carbocycles. The molecule has 144 valence electrons. The van der Waals surface area contributed by atoms with Crippen LogP contribution in [0.2, 0.25) is 0 Å². The van der Waals surface area contributed by atoms with Crippen LogP contribution >= 0.6 is 12.4 Å². The van der Waals surface area contributed by atoms with Crippen molar-refractivity contribution in [2.75, 3.05) is 33.2 Å². The van der Waals surface area contributed by atoms with Crippen LogP contribution in [0.15, 0.2) is 18.2 Å². The van der Waals surface area contributed by atoms with E-state index in [-0.39, 0.29) is 35.8 Å². The summed E-state index contributed by atoms with van der Waals surface area (Å²) in [7, 11) is 1.84. The van der Waals surface area contributed by atoms with Gasteiger partial charge in [0.2, 0.25) is 5.91 Å². The van der Waals surface area contributed by atoms with Gasteiger partial charge in [-0.25, -0.2) is 8.78 Å². The highest BCUT2D eigenvalue weighted by Gasteiger charge is 2.33. The van der Waals surface area contributed by atoms with Gasteiger partial charge in [-0.2, -0.15) is 0 Å². The number of nitrogens with one attached hydrogen (secondary N) is 1. The van der Waals surface area contributed by atoms with Crippen LogP contribution < -0.4 is 5.32 Å². The van der Waals surface area contributed by atoms with Crippen LogP contribution in [0.4, 0.5) is 8.78 Å². The number of hydrogen-bond acceptors (Lipinski definition) is 3. The van der Waals surface area contributed by atoms with Crippen LogP contribution in [0.3, 0.4) is 0 Å². The Kier molecular flexibility index (Phi) is 6.94. The minimum atomic E-state index is -0.850. The quantitative estimate of drug-likeness (QED) is 0.863. The number of likely N-dealkylation sites (N-methyl/N-ethyl adjacent to an activating group) is 1. The summed E-state index contributed by atoms with van der Waals surface area (Å²) in [4.78, 5) is 28.4. The Morgan fingerprint density at radius 2 is 1.88 bits per heavy atom. The lowest BCUT2D eigenvalue weighted by molar-refractivity contribution is -0.137. The fourth-order valence-electron chi connectivity index (χ4n) is 3.60. The zero-order chi connectivity index (χ0) is 18.0. The van der Waals surface area contributed by atoms with Crippen molar-refractivity contribution >= 4 is 24.2 Å². The Hall–Kier alpha value is -1.73. The van der Waals surface area contributed by atoms with Gasteiger partial charge in [0.05, 0.1) is 5.56 Å².